The van der Waals surface area contributed by atoms with Crippen molar-refractivity contribution in [1.29, 1.82) is 0 Å². The first-order valence-electron chi connectivity index (χ1n) is 21.4. The fraction of sp³-hybridized carbons (Fsp3) is 0.0678. The minimum atomic E-state index is -0.549. The summed E-state index contributed by atoms with van der Waals surface area (Å²) in [6.07, 6.45) is 0. The summed E-state index contributed by atoms with van der Waals surface area (Å²) in [6.45, 7) is 4.67. The molecule has 1 aromatic heterocycles. The van der Waals surface area contributed by atoms with Crippen LogP contribution in [0.25, 0.3) is 78.3 Å². The van der Waals surface area contributed by atoms with Crippen LogP contribution < -0.4 is 0 Å². The van der Waals surface area contributed by atoms with Crippen LogP contribution in [0.15, 0.2) is 212 Å². The van der Waals surface area contributed by atoms with Crippen LogP contribution in [-0.4, -0.2) is 15.0 Å². The van der Waals surface area contributed by atoms with Gasteiger partial charge in [0.25, 0.3) is 0 Å². The Morgan fingerprint density at radius 3 is 1.56 bits per heavy atom. The Hall–Kier alpha value is -7.75. The highest BCUT2D eigenvalue weighted by Crippen LogP contribution is 2.57. The zero-order valence-electron chi connectivity index (χ0n) is 34.5. The molecule has 292 valence electrons. The first-order valence-corrected chi connectivity index (χ1v) is 21.4. The maximum absolute atomic E-state index is 5.38. The van der Waals surface area contributed by atoms with Gasteiger partial charge in [0, 0.05) is 22.1 Å². The Morgan fingerprint density at radius 1 is 0.306 bits per heavy atom. The van der Waals surface area contributed by atoms with Gasteiger partial charge in [-0.2, -0.15) is 0 Å². The summed E-state index contributed by atoms with van der Waals surface area (Å²) in [6, 6.07) is 76.8. The Bertz CT molecular complexity index is 3320. The molecule has 12 rings (SSSR count). The molecule has 9 aromatic carbocycles. The van der Waals surface area contributed by atoms with E-state index in [0.29, 0.717) is 17.5 Å². The van der Waals surface area contributed by atoms with Crippen LogP contribution in [0.2, 0.25) is 0 Å². The Kier molecular flexibility index (Phi) is 8.10. The summed E-state index contributed by atoms with van der Waals surface area (Å²) < 4.78 is 0. The molecule has 0 N–H and O–H groups in total. The third-order valence-corrected chi connectivity index (χ3v) is 13.4. The average molecular weight is 792 g/mol. The number of rotatable bonds is 6. The maximum atomic E-state index is 5.38. The Labute approximate surface area is 362 Å². The molecule has 0 radical (unpaired) electrons. The molecule has 0 fully saturated rings. The van der Waals surface area contributed by atoms with Gasteiger partial charge < -0.3 is 0 Å². The molecule has 2 aliphatic carbocycles. The van der Waals surface area contributed by atoms with Gasteiger partial charge in [-0.25, -0.2) is 15.0 Å². The highest BCUT2D eigenvalue weighted by atomic mass is 15.0. The largest absolute Gasteiger partial charge is 0.208 e. The van der Waals surface area contributed by atoms with Crippen molar-refractivity contribution in [2.75, 3.05) is 0 Å². The predicted octanol–water partition coefficient (Wildman–Crippen LogP) is 14.4. The summed E-state index contributed by atoms with van der Waals surface area (Å²) in [4.78, 5) is 15.9. The van der Waals surface area contributed by atoms with Gasteiger partial charge in [0.1, 0.15) is 0 Å². The summed E-state index contributed by atoms with van der Waals surface area (Å²) in [5.74, 6) is 1.94. The summed E-state index contributed by atoms with van der Waals surface area (Å²) in [5.41, 5.74) is 17.2. The maximum Gasteiger partial charge on any atom is 0.164 e. The zero-order valence-corrected chi connectivity index (χ0v) is 34.5. The van der Waals surface area contributed by atoms with Crippen molar-refractivity contribution in [3.05, 3.63) is 246 Å². The molecule has 62 heavy (non-hydrogen) atoms. The van der Waals surface area contributed by atoms with E-state index in [9.17, 15) is 0 Å². The molecule has 0 saturated carbocycles. The van der Waals surface area contributed by atoms with Crippen molar-refractivity contribution in [3.63, 3.8) is 0 Å². The fourth-order valence-electron chi connectivity index (χ4n) is 10.5. The number of nitrogens with zero attached hydrogens (tertiary/aromatic N) is 3. The minimum Gasteiger partial charge on any atom is -0.208 e. The molecule has 0 unspecified atom stereocenters. The molecule has 0 bridgehead atoms. The van der Waals surface area contributed by atoms with Crippen LogP contribution in [0, 0.1) is 0 Å². The average Bonchev–Trinajstić information content (AvgIpc) is 3.76. The van der Waals surface area contributed by atoms with Crippen LogP contribution >= 0.6 is 0 Å². The van der Waals surface area contributed by atoms with E-state index in [1.54, 1.807) is 0 Å². The number of hydrogen-bond acceptors (Lipinski definition) is 3. The second kappa shape index (κ2) is 13.9. The lowest BCUT2D eigenvalue weighted by Crippen LogP contribution is -2.28. The lowest BCUT2D eigenvalue weighted by atomic mass is 9.67. The van der Waals surface area contributed by atoms with E-state index in [0.717, 1.165) is 22.1 Å². The molecule has 3 heteroatoms. The zero-order chi connectivity index (χ0) is 41.4. The van der Waals surface area contributed by atoms with Crippen molar-refractivity contribution in [2.24, 2.45) is 0 Å². The van der Waals surface area contributed by atoms with Crippen LogP contribution in [0.5, 0.6) is 0 Å². The van der Waals surface area contributed by atoms with E-state index < -0.39 is 5.41 Å². The van der Waals surface area contributed by atoms with Crippen molar-refractivity contribution >= 4 is 10.8 Å². The van der Waals surface area contributed by atoms with Gasteiger partial charge in [-0.1, -0.05) is 202 Å². The van der Waals surface area contributed by atoms with Crippen molar-refractivity contribution in [3.8, 4) is 67.5 Å². The number of aromatic nitrogens is 3. The molecule has 3 nitrogen and oxygen atoms in total. The normalized spacial score (nSPS) is 13.9. The van der Waals surface area contributed by atoms with Gasteiger partial charge in [0.05, 0.1) is 5.41 Å². The summed E-state index contributed by atoms with van der Waals surface area (Å²) in [5, 5.41) is 2.30. The number of fused-ring (bicyclic) bond motifs is 7. The highest BCUT2D eigenvalue weighted by Gasteiger charge is 2.46. The molecule has 1 heterocycles. The molecule has 0 aliphatic heterocycles. The number of hydrogen-bond donors (Lipinski definition) is 0. The lowest BCUT2D eigenvalue weighted by Gasteiger charge is -2.34. The fourth-order valence-corrected chi connectivity index (χ4v) is 10.5. The lowest BCUT2D eigenvalue weighted by molar-refractivity contribution is 0.661. The molecular weight excluding hydrogens is 751 g/mol. The Balaban J connectivity index is 1.08. The number of benzene rings is 9. The topological polar surface area (TPSA) is 38.7 Å². The van der Waals surface area contributed by atoms with E-state index in [2.05, 4.69) is 208 Å². The molecule has 0 atom stereocenters. The van der Waals surface area contributed by atoms with E-state index in [1.807, 2.05) is 18.2 Å². The van der Waals surface area contributed by atoms with E-state index in [1.165, 1.54) is 72.1 Å². The first kappa shape index (κ1) is 36.1. The molecular formula is C59H41N3. The van der Waals surface area contributed by atoms with Crippen LogP contribution in [0.4, 0.5) is 0 Å². The van der Waals surface area contributed by atoms with Crippen LogP contribution in [0.3, 0.4) is 0 Å². The highest BCUT2D eigenvalue weighted by molar-refractivity contribution is 6.01. The van der Waals surface area contributed by atoms with Crippen molar-refractivity contribution in [2.45, 2.75) is 24.7 Å². The predicted molar refractivity (Wildman–Crippen MR) is 254 cm³/mol. The van der Waals surface area contributed by atoms with Gasteiger partial charge in [-0.15, -0.1) is 0 Å². The van der Waals surface area contributed by atoms with Gasteiger partial charge in [-0.05, 0) is 102 Å². The smallest absolute Gasteiger partial charge is 0.164 e. The van der Waals surface area contributed by atoms with Crippen LogP contribution in [-0.2, 0) is 10.8 Å². The molecule has 2 aliphatic rings. The van der Waals surface area contributed by atoms with Crippen molar-refractivity contribution in [1.82, 2.24) is 15.0 Å². The van der Waals surface area contributed by atoms with Gasteiger partial charge in [-0.3, -0.25) is 0 Å². The molecule has 10 aromatic rings. The van der Waals surface area contributed by atoms with Gasteiger partial charge >= 0.3 is 0 Å². The third kappa shape index (κ3) is 5.41. The van der Waals surface area contributed by atoms with E-state index >= 15 is 0 Å². The third-order valence-electron chi connectivity index (χ3n) is 13.4. The van der Waals surface area contributed by atoms with Gasteiger partial charge in [0.2, 0.25) is 0 Å². The SMILES string of the molecule is CC1(C)c2ccccc2-c2cc3cccc(-c4nc(-c5ccccc5)nc(-c5ccc6c(c5)-c5ccc(-c7ccccc7)cc5C6(c5ccccc5)c5ccccc5)n4)c3cc21. The second-order valence-corrected chi connectivity index (χ2v) is 17.1. The first-order chi connectivity index (χ1) is 30.5. The Morgan fingerprint density at radius 2 is 0.855 bits per heavy atom. The monoisotopic (exact) mass is 791 g/mol. The summed E-state index contributed by atoms with van der Waals surface area (Å²) >= 11 is 0. The molecule has 0 amide bonds. The quantitative estimate of drug-likeness (QED) is 0.168. The standard InChI is InChI=1S/C59H41N3/c1-58(2)51-29-16-15-27-45(51)50-34-41-22-17-28-47(48(41)37-53(50)58)57-61-55(39-20-9-4-10-21-39)60-56(62-57)42-31-33-52-49(35-42)46-32-30-40(38-18-7-3-8-19-38)36-54(46)59(52,43-23-11-5-12-24-43)44-25-13-6-14-26-44/h3-37H,1-2H3. The van der Waals surface area contributed by atoms with E-state index in [4.69, 9.17) is 15.0 Å². The summed E-state index contributed by atoms with van der Waals surface area (Å²) in [7, 11) is 0. The minimum absolute atomic E-state index is 0.135. The molecule has 0 saturated heterocycles. The van der Waals surface area contributed by atoms with Crippen LogP contribution in [0.1, 0.15) is 47.2 Å². The molecule has 0 spiro atoms. The van der Waals surface area contributed by atoms with E-state index in [-0.39, 0.29) is 5.41 Å². The second-order valence-electron chi connectivity index (χ2n) is 17.1. The van der Waals surface area contributed by atoms with Crippen molar-refractivity contribution < 1.29 is 0 Å². The van der Waals surface area contributed by atoms with Gasteiger partial charge in [0.15, 0.2) is 17.5 Å².